The summed E-state index contributed by atoms with van der Waals surface area (Å²) in [5.41, 5.74) is 6.78. The lowest BCUT2D eigenvalue weighted by Gasteiger charge is -2.13. The molecule has 1 aromatic carbocycles. The van der Waals surface area contributed by atoms with Gasteiger partial charge >= 0.3 is 5.97 Å². The first-order chi connectivity index (χ1) is 11.1. The highest BCUT2D eigenvalue weighted by molar-refractivity contribution is 5.89. The largest absolute Gasteiger partial charge is 0.461 e. The van der Waals surface area contributed by atoms with Crippen LogP contribution in [0.15, 0.2) is 24.3 Å². The van der Waals surface area contributed by atoms with Crippen LogP contribution in [0.1, 0.15) is 69.2 Å². The Morgan fingerprint density at radius 3 is 2.42 bits per heavy atom. The van der Waals surface area contributed by atoms with Gasteiger partial charge in [-0.3, -0.25) is 0 Å². The molecule has 0 bridgehead atoms. The maximum Gasteiger partial charge on any atom is 0.338 e. The molecule has 0 heterocycles. The molecule has 5 heteroatoms. The molecule has 1 rings (SSSR count). The Morgan fingerprint density at radius 1 is 1.12 bits per heavy atom. The van der Waals surface area contributed by atoms with E-state index >= 15 is 0 Å². The van der Waals surface area contributed by atoms with E-state index in [1.54, 1.807) is 24.3 Å². The summed E-state index contributed by atoms with van der Waals surface area (Å²) >= 11 is 0. The van der Waals surface area contributed by atoms with Crippen LogP contribution in [-0.2, 0) is 4.74 Å². The number of halogens is 1. The minimum absolute atomic E-state index is 0. The van der Waals surface area contributed by atoms with E-state index < -0.39 is 0 Å². The van der Waals surface area contributed by atoms with Crippen LogP contribution in [0.4, 0.5) is 5.69 Å². The maximum absolute atomic E-state index is 11.8. The smallest absolute Gasteiger partial charge is 0.338 e. The van der Waals surface area contributed by atoms with Crippen molar-refractivity contribution in [2.24, 2.45) is 0 Å². The first-order valence-corrected chi connectivity index (χ1v) is 8.89. The number of benzene rings is 1. The van der Waals surface area contributed by atoms with Crippen LogP contribution in [0.2, 0.25) is 0 Å². The molecule has 0 aliphatic carbocycles. The summed E-state index contributed by atoms with van der Waals surface area (Å²) in [5, 5.41) is 3.40. The number of rotatable bonds is 12. The van der Waals surface area contributed by atoms with Crippen LogP contribution in [0.25, 0.3) is 0 Å². The van der Waals surface area contributed by atoms with Crippen molar-refractivity contribution in [2.75, 3.05) is 18.9 Å². The molecule has 0 amide bonds. The zero-order valence-electron chi connectivity index (χ0n) is 15.1. The third kappa shape index (κ3) is 10.5. The van der Waals surface area contributed by atoms with E-state index in [1.165, 1.54) is 44.9 Å². The Hall–Kier alpha value is -1.26. The summed E-state index contributed by atoms with van der Waals surface area (Å²) in [6, 6.07) is 7.25. The van der Waals surface area contributed by atoms with Gasteiger partial charge in [0.25, 0.3) is 0 Å². The van der Waals surface area contributed by atoms with Crippen LogP contribution >= 0.6 is 12.4 Å². The van der Waals surface area contributed by atoms with Crippen LogP contribution in [0.5, 0.6) is 0 Å². The molecule has 138 valence electrons. The topological polar surface area (TPSA) is 64.3 Å². The second-order valence-corrected chi connectivity index (χ2v) is 6.17. The zero-order valence-corrected chi connectivity index (χ0v) is 15.9. The summed E-state index contributed by atoms with van der Waals surface area (Å²) in [7, 11) is 0. The molecule has 0 radical (unpaired) electrons. The van der Waals surface area contributed by atoms with Gasteiger partial charge in [-0.2, -0.15) is 0 Å². The quantitative estimate of drug-likeness (QED) is 0.327. The lowest BCUT2D eigenvalue weighted by Crippen LogP contribution is -2.30. The van der Waals surface area contributed by atoms with E-state index in [2.05, 4.69) is 19.2 Å². The fourth-order valence-electron chi connectivity index (χ4n) is 2.48. The van der Waals surface area contributed by atoms with Crippen LogP contribution in [0.3, 0.4) is 0 Å². The highest BCUT2D eigenvalue weighted by Gasteiger charge is 2.07. The summed E-state index contributed by atoms with van der Waals surface area (Å²) < 4.78 is 5.25. The number of nitrogens with two attached hydrogens (primary N) is 1. The average molecular weight is 357 g/mol. The number of anilines is 1. The Bertz CT molecular complexity index is 437. The molecule has 3 N–H and O–H groups in total. The molecule has 1 aromatic rings. The van der Waals surface area contributed by atoms with Crippen LogP contribution in [-0.4, -0.2) is 25.2 Å². The highest BCUT2D eigenvalue weighted by Crippen LogP contribution is 2.09. The van der Waals surface area contributed by atoms with E-state index in [-0.39, 0.29) is 18.4 Å². The fourth-order valence-corrected chi connectivity index (χ4v) is 2.48. The number of esters is 1. The van der Waals surface area contributed by atoms with Crippen LogP contribution in [0, 0.1) is 0 Å². The van der Waals surface area contributed by atoms with Gasteiger partial charge in [0, 0.05) is 18.3 Å². The monoisotopic (exact) mass is 356 g/mol. The second kappa shape index (κ2) is 14.1. The molecular weight excluding hydrogens is 324 g/mol. The molecule has 0 spiro atoms. The maximum atomic E-state index is 11.8. The molecule has 0 fully saturated rings. The summed E-state index contributed by atoms with van der Waals surface area (Å²) in [5.74, 6) is -0.296. The summed E-state index contributed by atoms with van der Waals surface area (Å²) in [6.45, 7) is 5.52. The van der Waals surface area contributed by atoms with Crippen molar-refractivity contribution in [1.29, 1.82) is 0 Å². The predicted molar refractivity (Wildman–Crippen MR) is 104 cm³/mol. The van der Waals surface area contributed by atoms with E-state index in [1.807, 2.05) is 0 Å². The van der Waals surface area contributed by atoms with Crippen molar-refractivity contribution in [3.8, 4) is 0 Å². The molecule has 0 saturated carbocycles. The highest BCUT2D eigenvalue weighted by atomic mass is 35.5. The van der Waals surface area contributed by atoms with E-state index in [0.717, 1.165) is 0 Å². The summed E-state index contributed by atoms with van der Waals surface area (Å²) in [6.07, 6.45) is 9.12. The Balaban J connectivity index is 0.00000529. The van der Waals surface area contributed by atoms with Crippen molar-refractivity contribution in [2.45, 2.75) is 64.8 Å². The Kier molecular flexibility index (Phi) is 13.4. The molecule has 1 unspecified atom stereocenters. The fraction of sp³-hybridized carbons (Fsp3) is 0.632. The minimum Gasteiger partial charge on any atom is -0.461 e. The van der Waals surface area contributed by atoms with Crippen LogP contribution < -0.4 is 11.1 Å². The van der Waals surface area contributed by atoms with Gasteiger partial charge < -0.3 is 15.8 Å². The van der Waals surface area contributed by atoms with Crippen molar-refractivity contribution < 1.29 is 9.53 Å². The first-order valence-electron chi connectivity index (χ1n) is 8.89. The van der Waals surface area contributed by atoms with E-state index in [9.17, 15) is 4.79 Å². The predicted octanol–water partition coefficient (Wildman–Crippen LogP) is 4.58. The van der Waals surface area contributed by atoms with Gasteiger partial charge in [-0.25, -0.2) is 4.79 Å². The molecule has 4 nitrogen and oxygen atoms in total. The van der Waals surface area contributed by atoms with Gasteiger partial charge in [0.15, 0.2) is 0 Å². The SMILES string of the molecule is CCCCCCCCC(C)NCCOC(=O)c1ccc(N)cc1.Cl. The molecule has 1 atom stereocenters. The molecule has 0 aromatic heterocycles. The van der Waals surface area contributed by atoms with Gasteiger partial charge in [-0.15, -0.1) is 12.4 Å². The Labute approximate surface area is 152 Å². The van der Waals surface area contributed by atoms with Gasteiger partial charge in [0.05, 0.1) is 5.56 Å². The molecule has 0 aliphatic heterocycles. The van der Waals surface area contributed by atoms with Gasteiger partial charge in [-0.05, 0) is 37.6 Å². The number of carbonyl (C=O) groups excluding carboxylic acids is 1. The number of hydrogen-bond donors (Lipinski definition) is 2. The van der Waals surface area contributed by atoms with Gasteiger partial charge in [0.1, 0.15) is 6.61 Å². The number of unbranched alkanes of at least 4 members (excludes halogenated alkanes) is 5. The lowest BCUT2D eigenvalue weighted by atomic mass is 10.1. The van der Waals surface area contributed by atoms with Crippen molar-refractivity contribution in [3.63, 3.8) is 0 Å². The van der Waals surface area contributed by atoms with Gasteiger partial charge in [-0.1, -0.05) is 45.4 Å². The van der Waals surface area contributed by atoms with Gasteiger partial charge in [0.2, 0.25) is 0 Å². The van der Waals surface area contributed by atoms with Crippen molar-refractivity contribution >= 4 is 24.1 Å². The second-order valence-electron chi connectivity index (χ2n) is 6.17. The number of carbonyl (C=O) groups is 1. The lowest BCUT2D eigenvalue weighted by molar-refractivity contribution is 0.0506. The third-order valence-electron chi connectivity index (χ3n) is 3.97. The molecule has 24 heavy (non-hydrogen) atoms. The standard InChI is InChI=1S/C19H32N2O2.ClH/c1-3-4-5-6-7-8-9-16(2)21-14-15-23-19(22)17-10-12-18(20)13-11-17;/h10-13,16,21H,3-9,14-15,20H2,1-2H3;1H. The van der Waals surface area contributed by atoms with Crippen molar-refractivity contribution in [3.05, 3.63) is 29.8 Å². The number of nitrogens with one attached hydrogen (secondary N) is 1. The normalized spacial score (nSPS) is 11.6. The number of hydrogen-bond acceptors (Lipinski definition) is 4. The third-order valence-corrected chi connectivity index (χ3v) is 3.97. The number of ether oxygens (including phenoxy) is 1. The first kappa shape index (κ1) is 22.7. The zero-order chi connectivity index (χ0) is 16.9. The number of nitrogen functional groups attached to an aromatic ring is 1. The van der Waals surface area contributed by atoms with Crippen molar-refractivity contribution in [1.82, 2.24) is 5.32 Å². The average Bonchev–Trinajstić information content (AvgIpc) is 2.55. The molecular formula is C19H33ClN2O2. The van der Waals surface area contributed by atoms with E-state index in [4.69, 9.17) is 10.5 Å². The Morgan fingerprint density at radius 2 is 1.75 bits per heavy atom. The summed E-state index contributed by atoms with van der Waals surface area (Å²) in [4.78, 5) is 11.8. The van der Waals surface area contributed by atoms with E-state index in [0.29, 0.717) is 30.4 Å². The molecule has 0 aliphatic rings. The molecule has 0 saturated heterocycles. The minimum atomic E-state index is -0.296.